The minimum Gasteiger partial charge on any atom is -0.385 e. The van der Waals surface area contributed by atoms with Crippen molar-refractivity contribution in [1.82, 2.24) is 4.90 Å². The van der Waals surface area contributed by atoms with Crippen LogP contribution in [-0.2, 0) is 13.8 Å². The summed E-state index contributed by atoms with van der Waals surface area (Å²) in [4.78, 5) is 14.5. The van der Waals surface area contributed by atoms with E-state index in [2.05, 4.69) is 0 Å². The summed E-state index contributed by atoms with van der Waals surface area (Å²) in [6.07, 6.45) is 0.726. The highest BCUT2D eigenvalue weighted by Gasteiger charge is 2.21. The molecule has 0 aliphatic carbocycles. The first-order valence-corrected chi connectivity index (χ1v) is 8.69. The molecule has 0 radical (unpaired) electrons. The van der Waals surface area contributed by atoms with Gasteiger partial charge in [0.1, 0.15) is 0 Å². The van der Waals surface area contributed by atoms with Crippen molar-refractivity contribution in [2.24, 2.45) is 0 Å². The van der Waals surface area contributed by atoms with Gasteiger partial charge in [-0.3, -0.25) is 4.79 Å². The van der Waals surface area contributed by atoms with Crippen molar-refractivity contribution in [2.75, 3.05) is 27.3 Å². The lowest BCUT2D eigenvalue weighted by Gasteiger charge is -2.15. The molecule has 1 rings (SSSR count). The third-order valence-corrected chi connectivity index (χ3v) is 5.15. The quantitative estimate of drug-likeness (QED) is 0.593. The zero-order chi connectivity index (χ0) is 14.6. The van der Waals surface area contributed by atoms with Crippen molar-refractivity contribution in [3.8, 4) is 0 Å². The summed E-state index contributed by atoms with van der Waals surface area (Å²) in [5.41, 5.74) is 0. The molecule has 0 aromatic carbocycles. The summed E-state index contributed by atoms with van der Waals surface area (Å²) >= 11 is 1.13. The second-order valence-corrected chi connectivity index (χ2v) is 7.83. The van der Waals surface area contributed by atoms with Gasteiger partial charge in [0.2, 0.25) is 0 Å². The highest BCUT2D eigenvalue weighted by molar-refractivity contribution is 8.13. The highest BCUT2D eigenvalue weighted by Crippen LogP contribution is 2.28. The number of amides is 1. The molecule has 0 atom stereocenters. The number of aryl methyl sites for hydroxylation is 1. The second kappa shape index (κ2) is 6.69. The SMILES string of the molecule is COCCCN(C)C(=O)c1cc(S(=O)(=O)Cl)c(C)s1. The fraction of sp³-hybridized carbons (Fsp3) is 0.545. The maximum Gasteiger partial charge on any atom is 0.263 e. The van der Waals surface area contributed by atoms with E-state index in [9.17, 15) is 13.2 Å². The lowest BCUT2D eigenvalue weighted by atomic mass is 10.3. The van der Waals surface area contributed by atoms with E-state index in [0.717, 1.165) is 17.8 Å². The molecule has 1 amide bonds. The topological polar surface area (TPSA) is 63.7 Å². The highest BCUT2D eigenvalue weighted by atomic mass is 35.7. The summed E-state index contributed by atoms with van der Waals surface area (Å²) in [6.45, 7) is 2.75. The van der Waals surface area contributed by atoms with Gasteiger partial charge in [0.15, 0.2) is 0 Å². The molecule has 0 aliphatic rings. The number of carbonyl (C=O) groups is 1. The van der Waals surface area contributed by atoms with Crippen molar-refractivity contribution < 1.29 is 17.9 Å². The summed E-state index contributed by atoms with van der Waals surface area (Å²) in [7, 11) is 4.77. The monoisotopic (exact) mass is 325 g/mol. The van der Waals surface area contributed by atoms with E-state index >= 15 is 0 Å². The molecule has 0 spiro atoms. The molecular formula is C11H16ClNO4S2. The number of methoxy groups -OCH3 is 1. The van der Waals surface area contributed by atoms with Gasteiger partial charge in [0, 0.05) is 42.9 Å². The lowest BCUT2D eigenvalue weighted by Crippen LogP contribution is -2.27. The van der Waals surface area contributed by atoms with Crippen LogP contribution in [0.25, 0.3) is 0 Å². The van der Waals surface area contributed by atoms with Crippen LogP contribution < -0.4 is 0 Å². The molecule has 5 nitrogen and oxygen atoms in total. The van der Waals surface area contributed by atoms with Gasteiger partial charge in [-0.2, -0.15) is 0 Å². The van der Waals surface area contributed by atoms with E-state index in [1.54, 1.807) is 21.1 Å². The van der Waals surface area contributed by atoms with Gasteiger partial charge < -0.3 is 9.64 Å². The normalized spacial score (nSPS) is 11.6. The van der Waals surface area contributed by atoms with Crippen LogP contribution in [-0.4, -0.2) is 46.5 Å². The van der Waals surface area contributed by atoms with Gasteiger partial charge in [0.25, 0.3) is 15.0 Å². The Hall–Kier alpha value is -0.630. The predicted octanol–water partition coefficient (Wildman–Crippen LogP) is 2.09. The largest absolute Gasteiger partial charge is 0.385 e. The first-order valence-electron chi connectivity index (χ1n) is 5.57. The Morgan fingerprint density at radius 3 is 2.63 bits per heavy atom. The van der Waals surface area contributed by atoms with Crippen LogP contribution in [0.2, 0.25) is 0 Å². The van der Waals surface area contributed by atoms with Crippen LogP contribution in [0.15, 0.2) is 11.0 Å². The molecule has 19 heavy (non-hydrogen) atoms. The van der Waals surface area contributed by atoms with Crippen LogP contribution in [0.3, 0.4) is 0 Å². The van der Waals surface area contributed by atoms with Gasteiger partial charge in [-0.05, 0) is 19.4 Å². The third-order valence-electron chi connectivity index (χ3n) is 2.53. The van der Waals surface area contributed by atoms with Crippen molar-refractivity contribution in [3.63, 3.8) is 0 Å². The fourth-order valence-electron chi connectivity index (χ4n) is 1.55. The van der Waals surface area contributed by atoms with Crippen molar-refractivity contribution >= 4 is 37.0 Å². The molecular weight excluding hydrogens is 310 g/mol. The van der Waals surface area contributed by atoms with Crippen LogP contribution in [0.5, 0.6) is 0 Å². The number of hydrogen-bond acceptors (Lipinski definition) is 5. The number of ether oxygens (including phenoxy) is 1. The van der Waals surface area contributed by atoms with Gasteiger partial charge >= 0.3 is 0 Å². The molecule has 1 heterocycles. The van der Waals surface area contributed by atoms with Gasteiger partial charge in [-0.15, -0.1) is 11.3 Å². The van der Waals surface area contributed by atoms with E-state index in [1.165, 1.54) is 11.0 Å². The molecule has 0 saturated heterocycles. The maximum absolute atomic E-state index is 12.1. The Morgan fingerprint density at radius 1 is 1.53 bits per heavy atom. The molecule has 0 bridgehead atoms. The smallest absolute Gasteiger partial charge is 0.263 e. The van der Waals surface area contributed by atoms with E-state index in [0.29, 0.717) is 22.9 Å². The Bertz CT molecular complexity index is 553. The summed E-state index contributed by atoms with van der Waals surface area (Å²) in [5, 5.41) is 0. The fourth-order valence-corrected chi connectivity index (χ4v) is 4.21. The van der Waals surface area contributed by atoms with Crippen LogP contribution in [0.1, 0.15) is 21.0 Å². The average molecular weight is 326 g/mol. The van der Waals surface area contributed by atoms with E-state index in [-0.39, 0.29) is 10.8 Å². The van der Waals surface area contributed by atoms with Crippen LogP contribution >= 0.6 is 22.0 Å². The number of nitrogens with zero attached hydrogens (tertiary/aromatic N) is 1. The summed E-state index contributed by atoms with van der Waals surface area (Å²) in [5.74, 6) is -0.212. The molecule has 0 N–H and O–H groups in total. The number of hydrogen-bond donors (Lipinski definition) is 0. The van der Waals surface area contributed by atoms with Crippen molar-refractivity contribution in [1.29, 1.82) is 0 Å². The zero-order valence-electron chi connectivity index (χ0n) is 11.0. The molecule has 0 unspecified atom stereocenters. The minimum absolute atomic E-state index is 0.00723. The van der Waals surface area contributed by atoms with Crippen LogP contribution in [0.4, 0.5) is 0 Å². The second-order valence-electron chi connectivity index (χ2n) is 4.04. The van der Waals surface area contributed by atoms with Crippen molar-refractivity contribution in [2.45, 2.75) is 18.2 Å². The Labute approximate surface area is 121 Å². The minimum atomic E-state index is -3.80. The molecule has 1 aromatic heterocycles. The average Bonchev–Trinajstić information content (AvgIpc) is 2.70. The van der Waals surface area contributed by atoms with E-state index in [1.807, 2.05) is 0 Å². The number of rotatable bonds is 6. The standard InChI is InChI=1S/C11H16ClNO4S2/c1-8-10(19(12,15)16)7-9(18-8)11(14)13(2)5-4-6-17-3/h7H,4-6H2,1-3H3. The molecule has 108 valence electrons. The zero-order valence-corrected chi connectivity index (χ0v) is 13.4. The van der Waals surface area contributed by atoms with E-state index < -0.39 is 9.05 Å². The van der Waals surface area contributed by atoms with E-state index in [4.69, 9.17) is 15.4 Å². The number of thiophene rings is 1. The van der Waals surface area contributed by atoms with Gasteiger partial charge in [0.05, 0.1) is 9.77 Å². The lowest BCUT2D eigenvalue weighted by molar-refractivity contribution is 0.0784. The van der Waals surface area contributed by atoms with Crippen LogP contribution in [0, 0.1) is 6.92 Å². The third kappa shape index (κ3) is 4.45. The Kier molecular flexibility index (Phi) is 5.79. The van der Waals surface area contributed by atoms with Gasteiger partial charge in [-0.25, -0.2) is 8.42 Å². The molecule has 0 aliphatic heterocycles. The Morgan fingerprint density at radius 2 is 2.16 bits per heavy atom. The first kappa shape index (κ1) is 16.4. The number of halogens is 1. The maximum atomic E-state index is 12.1. The summed E-state index contributed by atoms with van der Waals surface area (Å²) in [6, 6.07) is 1.33. The first-order chi connectivity index (χ1) is 8.77. The Balaban J connectivity index is 2.84. The molecule has 1 aromatic rings. The predicted molar refractivity (Wildman–Crippen MR) is 75.5 cm³/mol. The van der Waals surface area contributed by atoms with Crippen molar-refractivity contribution in [3.05, 3.63) is 15.8 Å². The number of carbonyl (C=O) groups excluding carboxylic acids is 1. The molecule has 8 heteroatoms. The molecule has 0 saturated carbocycles. The summed E-state index contributed by atoms with van der Waals surface area (Å²) < 4.78 is 27.5. The molecule has 0 fully saturated rings. The van der Waals surface area contributed by atoms with Gasteiger partial charge in [-0.1, -0.05) is 0 Å².